The monoisotopic (exact) mass is 332 g/mol. The highest BCUT2D eigenvalue weighted by atomic mass is 19.4. The van der Waals surface area contributed by atoms with Crippen molar-refractivity contribution in [1.82, 2.24) is 4.98 Å². The van der Waals surface area contributed by atoms with E-state index in [1.165, 1.54) is 13.2 Å². The number of alkyl halides is 3. The Labute approximate surface area is 136 Å². The van der Waals surface area contributed by atoms with Gasteiger partial charge in [0.15, 0.2) is 0 Å². The molecule has 0 atom stereocenters. The summed E-state index contributed by atoms with van der Waals surface area (Å²) in [5, 5.41) is 0.561. The number of halogens is 3. The first-order valence-corrected chi connectivity index (χ1v) is 7.23. The zero-order chi connectivity index (χ0) is 17.5. The molecule has 24 heavy (non-hydrogen) atoms. The summed E-state index contributed by atoms with van der Waals surface area (Å²) in [5.41, 5.74) is 7.22. The molecule has 0 saturated carbocycles. The van der Waals surface area contributed by atoms with E-state index in [0.717, 1.165) is 11.6 Å². The predicted molar refractivity (Wildman–Crippen MR) is 87.9 cm³/mol. The van der Waals surface area contributed by atoms with Gasteiger partial charge in [0.05, 0.1) is 18.3 Å². The molecular weight excluding hydrogens is 317 g/mol. The fraction of sp³-hybridized carbons (Fsp3) is 0.167. The van der Waals surface area contributed by atoms with Crippen molar-refractivity contribution >= 4 is 16.6 Å². The summed E-state index contributed by atoms with van der Waals surface area (Å²) < 4.78 is 44.6. The first kappa shape index (κ1) is 16.1. The van der Waals surface area contributed by atoms with Crippen LogP contribution in [0, 0.1) is 6.92 Å². The summed E-state index contributed by atoms with van der Waals surface area (Å²) in [6, 6.07) is 11.8. The van der Waals surface area contributed by atoms with Crippen molar-refractivity contribution in [3.63, 3.8) is 0 Å². The van der Waals surface area contributed by atoms with Gasteiger partial charge in [0.25, 0.3) is 0 Å². The number of aryl methyl sites for hydroxylation is 1. The number of hydrogen-bond acceptors (Lipinski definition) is 3. The van der Waals surface area contributed by atoms with E-state index >= 15 is 0 Å². The lowest BCUT2D eigenvalue weighted by molar-refractivity contribution is -0.141. The maximum atomic E-state index is 13.1. The molecule has 0 radical (unpaired) electrons. The van der Waals surface area contributed by atoms with Crippen molar-refractivity contribution in [2.45, 2.75) is 13.1 Å². The second-order valence-corrected chi connectivity index (χ2v) is 5.45. The number of nitrogens with zero attached hydrogens (tertiary/aromatic N) is 1. The molecule has 0 aliphatic rings. The number of aromatic nitrogens is 1. The van der Waals surface area contributed by atoms with Gasteiger partial charge in [-0.1, -0.05) is 30.3 Å². The van der Waals surface area contributed by atoms with Crippen LogP contribution in [-0.2, 0) is 6.18 Å². The Morgan fingerprint density at radius 1 is 1.08 bits per heavy atom. The van der Waals surface area contributed by atoms with Gasteiger partial charge in [-0.05, 0) is 24.1 Å². The maximum absolute atomic E-state index is 13.1. The number of hydrogen-bond donors (Lipinski definition) is 1. The van der Waals surface area contributed by atoms with E-state index in [2.05, 4.69) is 4.98 Å². The highest BCUT2D eigenvalue weighted by molar-refractivity contribution is 6.05. The lowest BCUT2D eigenvalue weighted by atomic mass is 9.95. The third-order valence-corrected chi connectivity index (χ3v) is 3.85. The van der Waals surface area contributed by atoms with Crippen molar-refractivity contribution in [2.24, 2.45) is 0 Å². The standard InChI is InChI=1S/C18H15F3N2O/c1-10-8-14(18(19,20)21)23-17-12(22)9-13(24-2)16(15(10)17)11-6-4-3-5-7-11/h3-9H,22H2,1-2H3. The molecule has 0 bridgehead atoms. The lowest BCUT2D eigenvalue weighted by Crippen LogP contribution is -2.09. The minimum Gasteiger partial charge on any atom is -0.496 e. The van der Waals surface area contributed by atoms with E-state index in [-0.39, 0.29) is 11.2 Å². The van der Waals surface area contributed by atoms with Gasteiger partial charge in [-0.3, -0.25) is 0 Å². The molecule has 6 heteroatoms. The number of anilines is 1. The minimum absolute atomic E-state index is 0.127. The Balaban J connectivity index is 2.45. The van der Waals surface area contributed by atoms with Gasteiger partial charge in [-0.15, -0.1) is 0 Å². The first-order valence-electron chi connectivity index (χ1n) is 7.23. The van der Waals surface area contributed by atoms with Crippen LogP contribution in [0.4, 0.5) is 18.9 Å². The Morgan fingerprint density at radius 2 is 1.75 bits per heavy atom. The molecule has 2 N–H and O–H groups in total. The highest BCUT2D eigenvalue weighted by Gasteiger charge is 2.33. The number of nitrogens with two attached hydrogens (primary N) is 1. The molecule has 3 rings (SSSR count). The largest absolute Gasteiger partial charge is 0.496 e. The van der Waals surface area contributed by atoms with Crippen LogP contribution in [0.3, 0.4) is 0 Å². The molecule has 3 nitrogen and oxygen atoms in total. The van der Waals surface area contributed by atoms with E-state index in [1.54, 1.807) is 6.92 Å². The van der Waals surface area contributed by atoms with E-state index in [4.69, 9.17) is 10.5 Å². The molecule has 3 aromatic rings. The first-order chi connectivity index (χ1) is 11.3. The van der Waals surface area contributed by atoms with Crippen LogP contribution >= 0.6 is 0 Å². The zero-order valence-corrected chi connectivity index (χ0v) is 13.1. The normalized spacial score (nSPS) is 11.7. The van der Waals surface area contributed by atoms with Gasteiger partial charge in [0, 0.05) is 17.0 Å². The third-order valence-electron chi connectivity index (χ3n) is 3.85. The summed E-state index contributed by atoms with van der Waals surface area (Å²) in [6.45, 7) is 1.62. The lowest BCUT2D eigenvalue weighted by Gasteiger charge is -2.17. The third kappa shape index (κ3) is 2.64. The van der Waals surface area contributed by atoms with Crippen molar-refractivity contribution < 1.29 is 17.9 Å². The Morgan fingerprint density at radius 3 is 2.33 bits per heavy atom. The maximum Gasteiger partial charge on any atom is 0.433 e. The summed E-state index contributed by atoms with van der Waals surface area (Å²) in [7, 11) is 1.50. The second-order valence-electron chi connectivity index (χ2n) is 5.45. The van der Waals surface area contributed by atoms with Gasteiger partial charge in [0.2, 0.25) is 0 Å². The van der Waals surface area contributed by atoms with E-state index in [9.17, 15) is 13.2 Å². The van der Waals surface area contributed by atoms with Crippen molar-refractivity contribution in [1.29, 1.82) is 0 Å². The molecule has 1 aromatic heterocycles. The van der Waals surface area contributed by atoms with Gasteiger partial charge >= 0.3 is 6.18 Å². The number of ether oxygens (including phenoxy) is 1. The topological polar surface area (TPSA) is 48.1 Å². The van der Waals surface area contributed by atoms with Crippen LogP contribution in [0.25, 0.3) is 22.0 Å². The van der Waals surface area contributed by atoms with Crippen LogP contribution < -0.4 is 10.5 Å². The summed E-state index contributed by atoms with van der Waals surface area (Å²) in [5.74, 6) is 0.496. The molecule has 2 aromatic carbocycles. The average molecular weight is 332 g/mol. The van der Waals surface area contributed by atoms with Gasteiger partial charge in [-0.25, -0.2) is 4.98 Å². The quantitative estimate of drug-likeness (QED) is 0.685. The minimum atomic E-state index is -4.53. The predicted octanol–water partition coefficient (Wildman–Crippen LogP) is 4.82. The fourth-order valence-corrected chi connectivity index (χ4v) is 2.80. The van der Waals surface area contributed by atoms with Crippen LogP contribution in [-0.4, -0.2) is 12.1 Å². The fourth-order valence-electron chi connectivity index (χ4n) is 2.80. The molecular formula is C18H15F3N2O. The van der Waals surface area contributed by atoms with Crippen molar-refractivity contribution in [3.8, 4) is 16.9 Å². The van der Waals surface area contributed by atoms with Gasteiger partial charge in [0.1, 0.15) is 11.4 Å². The zero-order valence-electron chi connectivity index (χ0n) is 13.1. The SMILES string of the molecule is COc1cc(N)c2nc(C(F)(F)F)cc(C)c2c1-c1ccccc1. The number of rotatable bonds is 2. The van der Waals surface area contributed by atoms with Gasteiger partial charge < -0.3 is 10.5 Å². The van der Waals surface area contributed by atoms with Gasteiger partial charge in [-0.2, -0.15) is 13.2 Å². The van der Waals surface area contributed by atoms with E-state index in [1.807, 2.05) is 30.3 Å². The van der Waals surface area contributed by atoms with E-state index in [0.29, 0.717) is 22.3 Å². The molecule has 0 amide bonds. The molecule has 0 spiro atoms. The highest BCUT2D eigenvalue weighted by Crippen LogP contribution is 2.42. The van der Waals surface area contributed by atoms with Crippen LogP contribution in [0.2, 0.25) is 0 Å². The van der Waals surface area contributed by atoms with Crippen molar-refractivity contribution in [2.75, 3.05) is 12.8 Å². The summed E-state index contributed by atoms with van der Waals surface area (Å²) >= 11 is 0. The van der Waals surface area contributed by atoms with Crippen molar-refractivity contribution in [3.05, 3.63) is 53.7 Å². The van der Waals surface area contributed by atoms with Crippen LogP contribution in [0.1, 0.15) is 11.3 Å². The Kier molecular flexibility index (Phi) is 3.83. The second kappa shape index (κ2) is 5.70. The molecule has 0 aliphatic carbocycles. The summed E-state index contributed by atoms with van der Waals surface area (Å²) in [6.07, 6.45) is -4.53. The Hall–Kier alpha value is -2.76. The van der Waals surface area contributed by atoms with Crippen LogP contribution in [0.15, 0.2) is 42.5 Å². The molecule has 0 fully saturated rings. The van der Waals surface area contributed by atoms with E-state index < -0.39 is 11.9 Å². The van der Waals surface area contributed by atoms with Crippen LogP contribution in [0.5, 0.6) is 5.75 Å². The summed E-state index contributed by atoms with van der Waals surface area (Å²) in [4.78, 5) is 3.76. The Bertz CT molecular complexity index is 906. The number of pyridine rings is 1. The molecule has 1 heterocycles. The number of nitrogen functional groups attached to an aromatic ring is 1. The number of methoxy groups -OCH3 is 1. The molecule has 0 saturated heterocycles. The molecule has 0 unspecified atom stereocenters. The number of fused-ring (bicyclic) bond motifs is 1. The average Bonchev–Trinajstić information content (AvgIpc) is 2.54. The number of benzene rings is 2. The molecule has 124 valence electrons. The smallest absolute Gasteiger partial charge is 0.433 e. The molecule has 0 aliphatic heterocycles.